The molecule has 0 amide bonds. The van der Waals surface area contributed by atoms with Gasteiger partial charge in [0.05, 0.1) is 6.04 Å². The zero-order valence-corrected chi connectivity index (χ0v) is 15.1. The molecule has 0 bridgehead atoms. The quantitative estimate of drug-likeness (QED) is 0.254. The zero-order chi connectivity index (χ0) is 18.3. The first kappa shape index (κ1) is 30.3. The fraction of sp³-hybridized carbons (Fsp3) is 0.316. The van der Waals surface area contributed by atoms with Crippen molar-refractivity contribution in [3.8, 4) is 0 Å². The summed E-state index contributed by atoms with van der Waals surface area (Å²) in [5.74, 6) is 0. The van der Waals surface area contributed by atoms with Crippen molar-refractivity contribution in [2.75, 3.05) is 6.54 Å². The first-order valence-electron chi connectivity index (χ1n) is 7.07. The molecule has 24 heavy (non-hydrogen) atoms. The minimum Gasteiger partial charge on any atom is 0 e. The maximum absolute atomic E-state index is 7.50. The number of allylic oxidation sites excluding steroid dienone is 3. The smallest absolute Gasteiger partial charge is 0 e. The van der Waals surface area contributed by atoms with Crippen LogP contribution in [-0.4, -0.2) is 6.54 Å². The maximum Gasteiger partial charge on any atom is 0 e. The summed E-state index contributed by atoms with van der Waals surface area (Å²) in [7, 11) is 0. The van der Waals surface area contributed by atoms with Gasteiger partial charge in [-0.25, -0.2) is 0 Å². The van der Waals surface area contributed by atoms with Gasteiger partial charge in [0.15, 0.2) is 0 Å². The van der Waals surface area contributed by atoms with Crippen LogP contribution in [0.4, 0.5) is 0 Å². The van der Waals surface area contributed by atoms with Crippen LogP contribution in [0, 0.1) is 20.0 Å². The number of unbranched alkanes of at least 4 members (excludes halogenated alkanes) is 1. The van der Waals surface area contributed by atoms with E-state index in [1.54, 1.807) is 0 Å². The molecule has 5 heteroatoms. The Kier molecular flexibility index (Phi) is 37.1. The molecule has 0 saturated heterocycles. The van der Waals surface area contributed by atoms with Gasteiger partial charge in [-0.15, -0.1) is 0 Å². The van der Waals surface area contributed by atoms with E-state index in [0.29, 0.717) is 6.04 Å². The van der Waals surface area contributed by atoms with Gasteiger partial charge in [-0.05, 0) is 25.5 Å². The molecule has 1 rings (SSSR count). The minimum atomic E-state index is 0. The summed E-state index contributed by atoms with van der Waals surface area (Å²) >= 11 is 0. The SMILES string of the molecule is C/C=C/C=C/C(NCCCC)c1ccccc1.[C-]#[O+].[C-]#[O+].[C-]#[O+].[Fe]. The van der Waals surface area contributed by atoms with Crippen LogP contribution in [0.15, 0.2) is 54.6 Å². The summed E-state index contributed by atoms with van der Waals surface area (Å²) in [4.78, 5) is 0. The van der Waals surface area contributed by atoms with Crippen LogP contribution in [0.1, 0.15) is 38.3 Å². The molecule has 0 radical (unpaired) electrons. The van der Waals surface area contributed by atoms with Gasteiger partial charge in [-0.2, -0.15) is 0 Å². The molecule has 1 N–H and O–H groups in total. The molecule has 0 aliphatic heterocycles. The van der Waals surface area contributed by atoms with Gasteiger partial charge in [0, 0.05) is 17.1 Å². The average Bonchev–Trinajstić information content (AvgIpc) is 2.66. The van der Waals surface area contributed by atoms with Crippen LogP contribution in [0.25, 0.3) is 0 Å². The first-order chi connectivity index (χ1) is 11.4. The van der Waals surface area contributed by atoms with E-state index < -0.39 is 0 Å². The standard InChI is InChI=1S/C16H23N.3CO.Fe/c1-3-5-8-13-16(17-14-6-4-2)15-11-9-7-10-12-15;3*1-2;/h3,5,7-13,16-17H,4,6,14H2,1-2H3;;;;/b5-3+,13-8+;;;;. The molecule has 0 fully saturated rings. The normalized spacial score (nSPS) is 9.83. The molecule has 0 aliphatic carbocycles. The van der Waals surface area contributed by atoms with Crippen molar-refractivity contribution in [3.63, 3.8) is 0 Å². The summed E-state index contributed by atoms with van der Waals surface area (Å²) in [6, 6.07) is 10.9. The van der Waals surface area contributed by atoms with Crippen molar-refractivity contribution in [3.05, 3.63) is 80.2 Å². The Labute approximate surface area is 156 Å². The van der Waals surface area contributed by atoms with Crippen molar-refractivity contribution in [1.82, 2.24) is 5.32 Å². The molecular formula is C19H23FeNO3. The van der Waals surface area contributed by atoms with Gasteiger partial charge < -0.3 is 5.32 Å². The van der Waals surface area contributed by atoms with Crippen LogP contribution >= 0.6 is 0 Å². The molecule has 4 nitrogen and oxygen atoms in total. The van der Waals surface area contributed by atoms with E-state index in [1.807, 2.05) is 13.0 Å². The minimum absolute atomic E-state index is 0. The van der Waals surface area contributed by atoms with Crippen molar-refractivity contribution < 1.29 is 31.0 Å². The van der Waals surface area contributed by atoms with Gasteiger partial charge in [0.1, 0.15) is 0 Å². The average molecular weight is 369 g/mol. The van der Waals surface area contributed by atoms with Crippen LogP contribution in [0.5, 0.6) is 0 Å². The van der Waals surface area contributed by atoms with Gasteiger partial charge in [0.2, 0.25) is 0 Å². The molecule has 1 aromatic carbocycles. The van der Waals surface area contributed by atoms with E-state index in [2.05, 4.69) is 80.8 Å². The van der Waals surface area contributed by atoms with Crippen molar-refractivity contribution in [1.29, 1.82) is 0 Å². The van der Waals surface area contributed by atoms with E-state index in [-0.39, 0.29) is 17.1 Å². The van der Waals surface area contributed by atoms with E-state index in [1.165, 1.54) is 18.4 Å². The third-order valence-electron chi connectivity index (χ3n) is 2.66. The van der Waals surface area contributed by atoms with Gasteiger partial charge >= 0.3 is 33.9 Å². The topological polar surface area (TPSA) is 71.7 Å². The Morgan fingerprint density at radius 1 is 1.00 bits per heavy atom. The molecular weight excluding hydrogens is 346 g/mol. The van der Waals surface area contributed by atoms with E-state index in [9.17, 15) is 0 Å². The summed E-state index contributed by atoms with van der Waals surface area (Å²) in [6.45, 7) is 18.8. The van der Waals surface area contributed by atoms with Crippen LogP contribution in [0.3, 0.4) is 0 Å². The molecule has 1 aromatic rings. The number of hydrogen-bond acceptors (Lipinski definition) is 1. The molecule has 0 spiro atoms. The predicted octanol–water partition coefficient (Wildman–Crippen LogP) is 4.13. The number of nitrogens with one attached hydrogen (secondary N) is 1. The maximum atomic E-state index is 7.50. The number of rotatable bonds is 7. The van der Waals surface area contributed by atoms with Crippen LogP contribution in [-0.2, 0) is 31.0 Å². The number of benzene rings is 1. The van der Waals surface area contributed by atoms with E-state index in [0.717, 1.165) is 6.54 Å². The third kappa shape index (κ3) is 18.4. The Morgan fingerprint density at radius 2 is 1.54 bits per heavy atom. The second-order valence-corrected chi connectivity index (χ2v) is 4.11. The van der Waals surface area contributed by atoms with Crippen molar-refractivity contribution >= 4 is 0 Å². The molecule has 1 unspecified atom stereocenters. The molecule has 0 saturated carbocycles. The van der Waals surface area contributed by atoms with E-state index >= 15 is 0 Å². The molecule has 0 aromatic heterocycles. The van der Waals surface area contributed by atoms with Crippen molar-refractivity contribution in [2.45, 2.75) is 32.7 Å². The summed E-state index contributed by atoms with van der Waals surface area (Å²) < 4.78 is 22.5. The molecule has 130 valence electrons. The van der Waals surface area contributed by atoms with E-state index in [4.69, 9.17) is 14.0 Å². The van der Waals surface area contributed by atoms with Gasteiger partial charge in [0.25, 0.3) is 0 Å². The molecule has 0 aliphatic rings. The Hall–Kier alpha value is -1.60. The first-order valence-corrected chi connectivity index (χ1v) is 7.07. The second-order valence-electron chi connectivity index (χ2n) is 4.11. The Balaban J connectivity index is -0.000000256. The summed E-state index contributed by atoms with van der Waals surface area (Å²) in [6.07, 6.45) is 10.9. The molecule has 1 atom stereocenters. The monoisotopic (exact) mass is 369 g/mol. The van der Waals surface area contributed by atoms with Crippen LogP contribution in [0.2, 0.25) is 0 Å². The zero-order valence-electron chi connectivity index (χ0n) is 14.0. The largest absolute Gasteiger partial charge is 0 e. The predicted molar refractivity (Wildman–Crippen MR) is 87.8 cm³/mol. The summed E-state index contributed by atoms with van der Waals surface area (Å²) in [5, 5.41) is 3.58. The third-order valence-corrected chi connectivity index (χ3v) is 2.66. The van der Waals surface area contributed by atoms with Gasteiger partial charge in [-0.1, -0.05) is 68.0 Å². The Bertz CT molecular complexity index is 450. The summed E-state index contributed by atoms with van der Waals surface area (Å²) in [5.41, 5.74) is 1.32. The fourth-order valence-corrected chi connectivity index (χ4v) is 1.68. The second kappa shape index (κ2) is 29.4. The van der Waals surface area contributed by atoms with Crippen molar-refractivity contribution in [2.24, 2.45) is 0 Å². The number of hydrogen-bond donors (Lipinski definition) is 1. The molecule has 0 heterocycles. The fourth-order valence-electron chi connectivity index (χ4n) is 1.68. The van der Waals surface area contributed by atoms with Crippen LogP contribution < -0.4 is 5.32 Å². The van der Waals surface area contributed by atoms with Gasteiger partial charge in [-0.3, -0.25) is 0 Å². The Morgan fingerprint density at radius 3 is 2.00 bits per heavy atom.